The molecule has 3 N–H and O–H groups in total. The van der Waals surface area contributed by atoms with E-state index in [1.54, 1.807) is 12.1 Å². The van der Waals surface area contributed by atoms with Gasteiger partial charge in [0, 0.05) is 20.0 Å². The maximum atomic E-state index is 13.1. The Kier molecular flexibility index (Phi) is 6.87. The first-order chi connectivity index (χ1) is 14.5. The number of nitrogens with one attached hydrogen (secondary N) is 1. The van der Waals surface area contributed by atoms with Crippen LogP contribution in [0.25, 0.3) is 0 Å². The van der Waals surface area contributed by atoms with Gasteiger partial charge in [0.15, 0.2) is 5.69 Å². The van der Waals surface area contributed by atoms with Crippen molar-refractivity contribution < 1.29 is 13.9 Å². The molecule has 0 radical (unpaired) electrons. The number of hydrogen-bond donors (Lipinski definition) is 2. The molecule has 0 aliphatic rings. The number of nitrogen functional groups attached to an aromatic ring is 1. The molecule has 0 saturated carbocycles. The van der Waals surface area contributed by atoms with Crippen molar-refractivity contribution >= 4 is 17.4 Å². The van der Waals surface area contributed by atoms with E-state index in [0.29, 0.717) is 12.2 Å². The van der Waals surface area contributed by atoms with Crippen molar-refractivity contribution in [3.05, 3.63) is 80.9 Å². The van der Waals surface area contributed by atoms with Gasteiger partial charge in [0.1, 0.15) is 11.6 Å². The fourth-order valence-corrected chi connectivity index (χ4v) is 3.12. The minimum absolute atomic E-state index is 0.0565. The molecule has 0 spiro atoms. The van der Waals surface area contributed by atoms with Crippen LogP contribution in [0.3, 0.4) is 0 Å². The van der Waals surface area contributed by atoms with E-state index < -0.39 is 11.2 Å². The Morgan fingerprint density at radius 2 is 1.97 bits per heavy atom. The first kappa shape index (κ1) is 21.1. The molecule has 0 unspecified atom stereocenters. The molecule has 0 bridgehead atoms. The predicted octanol–water partition coefficient (Wildman–Crippen LogP) is 1.52. The third kappa shape index (κ3) is 4.87. The van der Waals surface area contributed by atoms with E-state index in [1.165, 1.54) is 22.8 Å². The fraction of sp³-hybridized carbons (Fsp3) is 0.286. The van der Waals surface area contributed by atoms with Gasteiger partial charge >= 0.3 is 5.69 Å². The second-order valence-electron chi connectivity index (χ2n) is 6.68. The number of amides is 1. The second kappa shape index (κ2) is 9.75. The quantitative estimate of drug-likeness (QED) is 0.549. The lowest BCUT2D eigenvalue weighted by molar-refractivity contribution is -0.118. The highest BCUT2D eigenvalue weighted by atomic mass is 16.5. The van der Waals surface area contributed by atoms with Gasteiger partial charge in [0.25, 0.3) is 5.56 Å². The molecule has 2 heterocycles. The molecule has 158 valence electrons. The number of aromatic amines is 1. The zero-order valence-electron chi connectivity index (χ0n) is 16.7. The zero-order valence-corrected chi connectivity index (χ0v) is 16.7. The molecule has 9 nitrogen and oxygen atoms in total. The molecule has 2 aromatic heterocycles. The predicted molar refractivity (Wildman–Crippen MR) is 112 cm³/mol. The molecule has 3 aromatic rings. The number of ether oxygens (including phenoxy) is 1. The summed E-state index contributed by atoms with van der Waals surface area (Å²) < 4.78 is 11.5. The standard InChI is InChI=1S/C21H24N4O5/c1-29-13-11-24-19(22)18(20(27)23-21(24)28)25(14-15-6-3-2-4-7-15)17(26)10-9-16-8-5-12-30-16/h2-8,12H,9-11,13-14,22H2,1H3,(H,23,27,28). The summed E-state index contributed by atoms with van der Waals surface area (Å²) in [6, 6.07) is 12.8. The Bertz CT molecular complexity index is 1090. The van der Waals surface area contributed by atoms with Crippen molar-refractivity contribution in [3.8, 4) is 0 Å². The largest absolute Gasteiger partial charge is 0.469 e. The molecule has 0 fully saturated rings. The van der Waals surface area contributed by atoms with Crippen molar-refractivity contribution in [2.45, 2.75) is 25.9 Å². The van der Waals surface area contributed by atoms with Crippen LogP contribution in [-0.4, -0.2) is 29.2 Å². The van der Waals surface area contributed by atoms with Gasteiger partial charge in [-0.1, -0.05) is 30.3 Å². The summed E-state index contributed by atoms with van der Waals surface area (Å²) >= 11 is 0. The third-order valence-corrected chi connectivity index (χ3v) is 4.65. The molecule has 0 aliphatic carbocycles. The molecule has 0 saturated heterocycles. The Morgan fingerprint density at radius 3 is 2.63 bits per heavy atom. The van der Waals surface area contributed by atoms with Crippen molar-refractivity contribution in [2.75, 3.05) is 24.4 Å². The number of carbonyl (C=O) groups excluding carboxylic acids is 1. The average Bonchev–Trinajstić information content (AvgIpc) is 3.25. The smallest absolute Gasteiger partial charge is 0.330 e. The van der Waals surface area contributed by atoms with E-state index in [-0.39, 0.29) is 43.5 Å². The highest BCUT2D eigenvalue weighted by Gasteiger charge is 2.24. The molecule has 9 heteroatoms. The van der Waals surface area contributed by atoms with Crippen LogP contribution in [0, 0.1) is 0 Å². The van der Waals surface area contributed by atoms with Crippen LogP contribution in [0.5, 0.6) is 0 Å². The molecular weight excluding hydrogens is 388 g/mol. The molecule has 0 aliphatic heterocycles. The molecule has 1 aromatic carbocycles. The number of benzene rings is 1. The Labute approximate surface area is 172 Å². The first-order valence-corrected chi connectivity index (χ1v) is 9.49. The van der Waals surface area contributed by atoms with E-state index >= 15 is 0 Å². The van der Waals surface area contributed by atoms with Crippen molar-refractivity contribution in [1.82, 2.24) is 9.55 Å². The van der Waals surface area contributed by atoms with Gasteiger partial charge < -0.3 is 19.8 Å². The van der Waals surface area contributed by atoms with E-state index in [2.05, 4.69) is 4.98 Å². The van der Waals surface area contributed by atoms with Gasteiger partial charge in [-0.25, -0.2) is 4.79 Å². The van der Waals surface area contributed by atoms with E-state index in [9.17, 15) is 14.4 Å². The summed E-state index contributed by atoms with van der Waals surface area (Å²) in [6.07, 6.45) is 2.02. The summed E-state index contributed by atoms with van der Waals surface area (Å²) in [6.45, 7) is 0.499. The molecule has 1 amide bonds. The second-order valence-corrected chi connectivity index (χ2v) is 6.68. The van der Waals surface area contributed by atoms with E-state index in [0.717, 1.165) is 5.56 Å². The maximum absolute atomic E-state index is 13.1. The summed E-state index contributed by atoms with van der Waals surface area (Å²) in [5, 5.41) is 0. The minimum Gasteiger partial charge on any atom is -0.469 e. The molecule has 0 atom stereocenters. The number of methoxy groups -OCH3 is 1. The summed E-state index contributed by atoms with van der Waals surface area (Å²) in [5.74, 6) is 0.266. The highest BCUT2D eigenvalue weighted by Crippen LogP contribution is 2.21. The molecule has 3 rings (SSSR count). The minimum atomic E-state index is -0.714. The van der Waals surface area contributed by atoms with Crippen LogP contribution in [0.15, 0.2) is 62.7 Å². The van der Waals surface area contributed by atoms with Crippen molar-refractivity contribution in [2.24, 2.45) is 0 Å². The normalized spacial score (nSPS) is 10.8. The third-order valence-electron chi connectivity index (χ3n) is 4.65. The number of carbonyl (C=O) groups is 1. The molecule has 30 heavy (non-hydrogen) atoms. The first-order valence-electron chi connectivity index (χ1n) is 9.49. The van der Waals surface area contributed by atoms with Crippen LogP contribution in [0.2, 0.25) is 0 Å². The lowest BCUT2D eigenvalue weighted by Gasteiger charge is -2.24. The van der Waals surface area contributed by atoms with Crippen LogP contribution in [0.1, 0.15) is 17.7 Å². The number of furan rings is 1. The molecular formula is C21H24N4O5. The lowest BCUT2D eigenvalue weighted by atomic mass is 10.1. The number of aromatic nitrogens is 2. The van der Waals surface area contributed by atoms with Crippen LogP contribution < -0.4 is 21.9 Å². The van der Waals surface area contributed by atoms with Crippen LogP contribution >= 0.6 is 0 Å². The van der Waals surface area contributed by atoms with Gasteiger partial charge in [0.2, 0.25) is 5.91 Å². The highest BCUT2D eigenvalue weighted by molar-refractivity contribution is 5.95. The van der Waals surface area contributed by atoms with Gasteiger partial charge in [-0.2, -0.15) is 0 Å². The Hall–Kier alpha value is -3.59. The Morgan fingerprint density at radius 1 is 1.20 bits per heavy atom. The van der Waals surface area contributed by atoms with Gasteiger partial charge in [-0.05, 0) is 17.7 Å². The van der Waals surface area contributed by atoms with E-state index in [4.69, 9.17) is 14.9 Å². The number of rotatable bonds is 9. The van der Waals surface area contributed by atoms with Crippen LogP contribution in [-0.2, 0) is 29.0 Å². The van der Waals surface area contributed by atoms with Gasteiger partial charge in [-0.3, -0.25) is 19.1 Å². The van der Waals surface area contributed by atoms with Crippen molar-refractivity contribution in [1.29, 1.82) is 0 Å². The number of hydrogen-bond acceptors (Lipinski definition) is 6. The summed E-state index contributed by atoms with van der Waals surface area (Å²) in [7, 11) is 1.49. The number of nitrogens with zero attached hydrogens (tertiary/aromatic N) is 2. The zero-order chi connectivity index (χ0) is 21.5. The van der Waals surface area contributed by atoms with Gasteiger partial charge in [0.05, 0.1) is 26.0 Å². The lowest BCUT2D eigenvalue weighted by Crippen LogP contribution is -2.41. The average molecular weight is 412 g/mol. The number of anilines is 2. The fourth-order valence-electron chi connectivity index (χ4n) is 3.12. The summed E-state index contributed by atoms with van der Waals surface area (Å²) in [5.41, 5.74) is 5.58. The topological polar surface area (TPSA) is 124 Å². The number of H-pyrrole nitrogens is 1. The van der Waals surface area contributed by atoms with Crippen molar-refractivity contribution in [3.63, 3.8) is 0 Å². The Balaban J connectivity index is 1.99. The van der Waals surface area contributed by atoms with Gasteiger partial charge in [-0.15, -0.1) is 0 Å². The summed E-state index contributed by atoms with van der Waals surface area (Å²) in [4.78, 5) is 41.6. The SMILES string of the molecule is COCCn1c(N)c(N(Cc2ccccc2)C(=O)CCc2ccco2)c(=O)[nH]c1=O. The maximum Gasteiger partial charge on any atom is 0.330 e. The van der Waals surface area contributed by atoms with Crippen LogP contribution in [0.4, 0.5) is 11.5 Å². The monoisotopic (exact) mass is 412 g/mol. The number of aryl methyl sites for hydroxylation is 1. The van der Waals surface area contributed by atoms with E-state index in [1.807, 2.05) is 30.3 Å². The number of nitrogens with two attached hydrogens (primary N) is 1.